The van der Waals surface area contributed by atoms with Gasteiger partial charge in [-0.05, 0) is 30.7 Å². The topological polar surface area (TPSA) is 77.2 Å². The number of amides is 1. The monoisotopic (exact) mass is 399 g/mol. The molecule has 0 atom stereocenters. The summed E-state index contributed by atoms with van der Waals surface area (Å²) in [5, 5.41) is 6.62. The lowest BCUT2D eigenvalue weighted by molar-refractivity contribution is -0.137. The molecule has 0 spiro atoms. The third-order valence-electron chi connectivity index (χ3n) is 3.81. The zero-order valence-corrected chi connectivity index (χ0v) is 16.1. The summed E-state index contributed by atoms with van der Waals surface area (Å²) >= 11 is 0. The summed E-state index contributed by atoms with van der Waals surface area (Å²) in [7, 11) is 0. The zero-order valence-electron chi connectivity index (χ0n) is 16.1. The number of ether oxygens (including phenoxy) is 1. The van der Waals surface area contributed by atoms with E-state index in [9.17, 15) is 18.0 Å². The second-order valence-corrected chi connectivity index (χ2v) is 7.34. The van der Waals surface area contributed by atoms with Crippen LogP contribution in [0.25, 0.3) is 0 Å². The molecule has 154 valence electrons. The molecule has 0 aliphatic rings. The fourth-order valence-electron chi connectivity index (χ4n) is 2.25. The smallest absolute Gasteiger partial charge is 0.416 e. The van der Waals surface area contributed by atoms with E-state index >= 15 is 0 Å². The van der Waals surface area contributed by atoms with Crippen molar-refractivity contribution in [3.05, 3.63) is 41.5 Å². The average Bonchev–Trinajstić information content (AvgIpc) is 3.08. The molecule has 0 aliphatic heterocycles. The minimum Gasteiger partial charge on any atom is -0.492 e. The van der Waals surface area contributed by atoms with Gasteiger partial charge in [0.1, 0.15) is 12.4 Å². The minimum atomic E-state index is -4.37. The van der Waals surface area contributed by atoms with Gasteiger partial charge >= 0.3 is 6.18 Å². The van der Waals surface area contributed by atoms with Gasteiger partial charge in [-0.2, -0.15) is 18.2 Å². The summed E-state index contributed by atoms with van der Waals surface area (Å²) in [5.41, 5.74) is -0.921. The molecule has 2 aromatic rings. The molecule has 6 nitrogen and oxygen atoms in total. The summed E-state index contributed by atoms with van der Waals surface area (Å²) < 4.78 is 47.9. The third-order valence-corrected chi connectivity index (χ3v) is 3.81. The summed E-state index contributed by atoms with van der Waals surface area (Å²) in [6.45, 7) is 6.38. The molecule has 1 heterocycles. The second-order valence-electron chi connectivity index (χ2n) is 7.34. The van der Waals surface area contributed by atoms with Crippen LogP contribution in [-0.4, -0.2) is 29.2 Å². The molecule has 0 saturated heterocycles. The number of aryl methyl sites for hydroxylation is 1. The van der Waals surface area contributed by atoms with Crippen molar-refractivity contribution in [2.45, 2.75) is 51.6 Å². The number of nitrogens with zero attached hydrogens (tertiary/aromatic N) is 2. The molecular weight excluding hydrogens is 375 g/mol. The Hall–Kier alpha value is -2.58. The van der Waals surface area contributed by atoms with Crippen LogP contribution in [0.15, 0.2) is 28.8 Å². The van der Waals surface area contributed by atoms with Gasteiger partial charge in [0.15, 0.2) is 5.82 Å². The standard InChI is InChI=1S/C19H24F3N3O3/c1-18(2,3)17-24-16(28-25-17)6-4-5-15(26)23-11-12-27-14-9-7-13(8-10-14)19(20,21)22/h7-10H,4-6,11-12H2,1-3H3,(H,23,26). The number of aromatic nitrogens is 2. The first-order valence-electron chi connectivity index (χ1n) is 8.95. The lowest BCUT2D eigenvalue weighted by Gasteiger charge is -2.10. The summed E-state index contributed by atoms with van der Waals surface area (Å²) in [6, 6.07) is 4.41. The van der Waals surface area contributed by atoms with E-state index in [1.807, 2.05) is 20.8 Å². The van der Waals surface area contributed by atoms with E-state index in [0.29, 0.717) is 36.7 Å². The molecule has 0 aliphatic carbocycles. The molecule has 0 saturated carbocycles. The van der Waals surface area contributed by atoms with Crippen molar-refractivity contribution < 1.29 is 27.2 Å². The summed E-state index contributed by atoms with van der Waals surface area (Å²) in [6.07, 6.45) is -2.99. The highest BCUT2D eigenvalue weighted by Gasteiger charge is 2.30. The second kappa shape index (κ2) is 9.07. The van der Waals surface area contributed by atoms with Gasteiger partial charge in [0.05, 0.1) is 12.1 Å². The van der Waals surface area contributed by atoms with E-state index in [0.717, 1.165) is 12.1 Å². The number of nitrogens with one attached hydrogen (secondary N) is 1. The molecule has 9 heteroatoms. The number of hydrogen-bond acceptors (Lipinski definition) is 5. The Kier molecular flexibility index (Phi) is 7.04. The molecule has 0 unspecified atom stereocenters. The van der Waals surface area contributed by atoms with Gasteiger partial charge in [0.25, 0.3) is 0 Å². The Morgan fingerprint density at radius 3 is 2.43 bits per heavy atom. The number of carbonyl (C=O) groups excluding carboxylic acids is 1. The minimum absolute atomic E-state index is 0.147. The molecule has 1 amide bonds. The lowest BCUT2D eigenvalue weighted by Crippen LogP contribution is -2.27. The Morgan fingerprint density at radius 2 is 1.86 bits per heavy atom. The van der Waals surface area contributed by atoms with E-state index in [1.54, 1.807) is 0 Å². The fourth-order valence-corrected chi connectivity index (χ4v) is 2.25. The van der Waals surface area contributed by atoms with Gasteiger partial charge in [0.2, 0.25) is 11.8 Å². The molecule has 0 fully saturated rings. The molecule has 28 heavy (non-hydrogen) atoms. The van der Waals surface area contributed by atoms with E-state index in [1.165, 1.54) is 12.1 Å². The van der Waals surface area contributed by atoms with Crippen LogP contribution in [0.3, 0.4) is 0 Å². The van der Waals surface area contributed by atoms with Crippen LogP contribution < -0.4 is 10.1 Å². The predicted octanol–water partition coefficient (Wildman–Crippen LogP) is 3.90. The van der Waals surface area contributed by atoms with Crippen LogP contribution in [0.5, 0.6) is 5.75 Å². The molecule has 2 rings (SSSR count). The van der Waals surface area contributed by atoms with E-state index < -0.39 is 11.7 Å². The third kappa shape index (κ3) is 6.86. The van der Waals surface area contributed by atoms with Gasteiger partial charge < -0.3 is 14.6 Å². The predicted molar refractivity (Wildman–Crippen MR) is 95.9 cm³/mol. The highest BCUT2D eigenvalue weighted by atomic mass is 19.4. The molecule has 0 radical (unpaired) electrons. The lowest BCUT2D eigenvalue weighted by atomic mass is 9.96. The first kappa shape index (κ1) is 21.7. The first-order chi connectivity index (χ1) is 13.1. The van der Waals surface area contributed by atoms with Gasteiger partial charge in [0, 0.05) is 18.3 Å². The Labute approximate surface area is 161 Å². The average molecular weight is 399 g/mol. The SMILES string of the molecule is CC(C)(C)c1noc(CCCC(=O)NCCOc2ccc(C(F)(F)F)cc2)n1. The van der Waals surface area contributed by atoms with Crippen molar-refractivity contribution in [1.82, 2.24) is 15.5 Å². The highest BCUT2D eigenvalue weighted by molar-refractivity contribution is 5.75. The molecule has 1 N–H and O–H groups in total. The van der Waals surface area contributed by atoms with E-state index in [-0.39, 0.29) is 24.5 Å². The van der Waals surface area contributed by atoms with Crippen molar-refractivity contribution in [2.24, 2.45) is 0 Å². The van der Waals surface area contributed by atoms with Gasteiger partial charge in [-0.15, -0.1) is 0 Å². The summed E-state index contributed by atoms with van der Waals surface area (Å²) in [4.78, 5) is 16.1. The van der Waals surface area contributed by atoms with Gasteiger partial charge in [-0.25, -0.2) is 0 Å². The Balaban J connectivity index is 1.62. The number of alkyl halides is 3. The van der Waals surface area contributed by atoms with Gasteiger partial charge in [-0.3, -0.25) is 4.79 Å². The number of benzene rings is 1. The normalized spacial score (nSPS) is 12.1. The first-order valence-corrected chi connectivity index (χ1v) is 8.95. The number of hydrogen-bond donors (Lipinski definition) is 1. The number of rotatable bonds is 8. The maximum Gasteiger partial charge on any atom is 0.416 e. The highest BCUT2D eigenvalue weighted by Crippen LogP contribution is 2.30. The summed E-state index contributed by atoms with van der Waals surface area (Å²) in [5.74, 6) is 1.30. The van der Waals surface area contributed by atoms with Crippen molar-refractivity contribution in [3.8, 4) is 5.75 Å². The van der Waals surface area contributed by atoms with Crippen LogP contribution in [0, 0.1) is 0 Å². The van der Waals surface area contributed by atoms with Crippen molar-refractivity contribution in [3.63, 3.8) is 0 Å². The van der Waals surface area contributed by atoms with Crippen molar-refractivity contribution in [2.75, 3.05) is 13.2 Å². The molecule has 1 aromatic heterocycles. The molecule has 1 aromatic carbocycles. The Morgan fingerprint density at radius 1 is 1.18 bits per heavy atom. The van der Waals surface area contributed by atoms with Crippen LogP contribution in [0.2, 0.25) is 0 Å². The van der Waals surface area contributed by atoms with E-state index in [2.05, 4.69) is 15.5 Å². The van der Waals surface area contributed by atoms with Crippen molar-refractivity contribution >= 4 is 5.91 Å². The zero-order chi connectivity index (χ0) is 20.8. The quantitative estimate of drug-likeness (QED) is 0.681. The largest absolute Gasteiger partial charge is 0.492 e. The maximum atomic E-state index is 12.5. The van der Waals surface area contributed by atoms with E-state index in [4.69, 9.17) is 9.26 Å². The van der Waals surface area contributed by atoms with Crippen LogP contribution in [0.1, 0.15) is 50.9 Å². The van der Waals surface area contributed by atoms with Crippen molar-refractivity contribution in [1.29, 1.82) is 0 Å². The maximum absolute atomic E-state index is 12.5. The van der Waals surface area contributed by atoms with Crippen LogP contribution >= 0.6 is 0 Å². The number of carbonyl (C=O) groups is 1. The van der Waals surface area contributed by atoms with Crippen LogP contribution in [-0.2, 0) is 22.8 Å². The Bertz CT molecular complexity index is 765. The molecule has 0 bridgehead atoms. The molecular formula is C19H24F3N3O3. The number of halogens is 3. The van der Waals surface area contributed by atoms with Crippen LogP contribution in [0.4, 0.5) is 13.2 Å². The fraction of sp³-hybridized carbons (Fsp3) is 0.526. The van der Waals surface area contributed by atoms with Gasteiger partial charge in [-0.1, -0.05) is 25.9 Å².